The molecule has 1 aliphatic rings. The van der Waals surface area contributed by atoms with E-state index in [2.05, 4.69) is 4.98 Å². The van der Waals surface area contributed by atoms with E-state index in [1.165, 1.54) is 0 Å². The van der Waals surface area contributed by atoms with E-state index in [1.807, 2.05) is 49.6 Å². The van der Waals surface area contributed by atoms with Crippen LogP contribution in [0.15, 0.2) is 48.8 Å². The highest BCUT2D eigenvalue weighted by molar-refractivity contribution is 8.00. The Balaban J connectivity index is 1.89. The molecule has 2 heterocycles. The zero-order valence-corrected chi connectivity index (χ0v) is 12.4. The molecule has 0 N–H and O–H groups in total. The molecule has 1 aromatic carbocycles. The highest BCUT2D eigenvalue weighted by atomic mass is 35.5. The van der Waals surface area contributed by atoms with E-state index in [0.717, 1.165) is 11.1 Å². The van der Waals surface area contributed by atoms with Gasteiger partial charge in [0, 0.05) is 30.0 Å². The lowest BCUT2D eigenvalue weighted by atomic mass is 10.1. The third kappa shape index (κ3) is 2.41. The average Bonchev–Trinajstić information content (AvgIpc) is 2.77. The average molecular weight is 305 g/mol. The van der Waals surface area contributed by atoms with Crippen molar-refractivity contribution in [2.24, 2.45) is 0 Å². The van der Waals surface area contributed by atoms with Crippen LogP contribution in [-0.4, -0.2) is 22.8 Å². The molecule has 20 heavy (non-hydrogen) atoms. The van der Waals surface area contributed by atoms with E-state index in [-0.39, 0.29) is 16.5 Å². The Morgan fingerprint density at radius 3 is 2.60 bits per heavy atom. The lowest BCUT2D eigenvalue weighted by Gasteiger charge is -2.18. The van der Waals surface area contributed by atoms with Gasteiger partial charge in [-0.1, -0.05) is 29.8 Å². The van der Waals surface area contributed by atoms with Gasteiger partial charge in [-0.25, -0.2) is 0 Å². The summed E-state index contributed by atoms with van der Waals surface area (Å²) >= 11 is 7.53. The van der Waals surface area contributed by atoms with E-state index in [9.17, 15) is 4.79 Å². The van der Waals surface area contributed by atoms with E-state index in [4.69, 9.17) is 11.6 Å². The maximum atomic E-state index is 12.4. The second-order valence-corrected chi connectivity index (χ2v) is 6.28. The summed E-state index contributed by atoms with van der Waals surface area (Å²) in [5.41, 5.74) is 2.03. The van der Waals surface area contributed by atoms with Crippen molar-refractivity contribution in [2.75, 3.05) is 7.05 Å². The predicted molar refractivity (Wildman–Crippen MR) is 81.5 cm³/mol. The molecule has 0 aliphatic carbocycles. The molecule has 1 aliphatic heterocycles. The Kier molecular flexibility index (Phi) is 3.68. The second kappa shape index (κ2) is 5.46. The van der Waals surface area contributed by atoms with Crippen LogP contribution in [0.5, 0.6) is 0 Å². The first kappa shape index (κ1) is 13.5. The Labute approximate surface area is 127 Å². The molecule has 1 saturated heterocycles. The molecule has 0 bridgehead atoms. The number of benzene rings is 1. The Morgan fingerprint density at radius 1 is 1.20 bits per heavy atom. The number of nitrogens with zero attached hydrogens (tertiary/aromatic N) is 2. The molecule has 1 aromatic heterocycles. The fourth-order valence-electron chi connectivity index (χ4n) is 2.26. The van der Waals surface area contributed by atoms with Crippen molar-refractivity contribution in [1.82, 2.24) is 9.88 Å². The van der Waals surface area contributed by atoms with Crippen LogP contribution in [0.25, 0.3) is 0 Å². The minimum atomic E-state index is -0.178. The van der Waals surface area contributed by atoms with Gasteiger partial charge >= 0.3 is 0 Å². The molecule has 3 rings (SSSR count). The van der Waals surface area contributed by atoms with E-state index >= 15 is 0 Å². The number of likely N-dealkylation sites (N-methyl/N-ethyl adjacent to an activating group) is 1. The van der Waals surface area contributed by atoms with Crippen LogP contribution in [0.3, 0.4) is 0 Å². The number of aromatic nitrogens is 1. The maximum Gasteiger partial charge on any atom is 0.241 e. The molecule has 0 spiro atoms. The van der Waals surface area contributed by atoms with Crippen LogP contribution in [0.4, 0.5) is 0 Å². The van der Waals surface area contributed by atoms with Crippen LogP contribution in [0, 0.1) is 0 Å². The summed E-state index contributed by atoms with van der Waals surface area (Å²) < 4.78 is 0. The number of halogens is 1. The summed E-state index contributed by atoms with van der Waals surface area (Å²) in [6, 6.07) is 11.4. The molecule has 1 amide bonds. The number of pyridine rings is 1. The van der Waals surface area contributed by atoms with Gasteiger partial charge in [0.2, 0.25) is 5.91 Å². The molecule has 0 unspecified atom stereocenters. The zero-order chi connectivity index (χ0) is 14.1. The third-order valence-corrected chi connectivity index (χ3v) is 5.18. The lowest BCUT2D eigenvalue weighted by molar-refractivity contribution is -0.128. The topological polar surface area (TPSA) is 33.2 Å². The summed E-state index contributed by atoms with van der Waals surface area (Å²) in [4.78, 5) is 18.3. The van der Waals surface area contributed by atoms with Crippen molar-refractivity contribution in [3.05, 3.63) is 64.9 Å². The first-order valence-corrected chi connectivity index (χ1v) is 7.56. The van der Waals surface area contributed by atoms with Gasteiger partial charge in [-0.05, 0) is 23.8 Å². The first-order chi connectivity index (χ1) is 9.66. The third-order valence-electron chi connectivity index (χ3n) is 3.33. The van der Waals surface area contributed by atoms with Crippen molar-refractivity contribution < 1.29 is 4.79 Å². The van der Waals surface area contributed by atoms with Crippen LogP contribution in [0.2, 0.25) is 5.02 Å². The fourth-order valence-corrected chi connectivity index (χ4v) is 3.83. The Hall–Kier alpha value is -1.52. The van der Waals surface area contributed by atoms with Crippen LogP contribution < -0.4 is 0 Å². The van der Waals surface area contributed by atoms with Crippen molar-refractivity contribution in [2.45, 2.75) is 10.6 Å². The van der Waals surface area contributed by atoms with Crippen molar-refractivity contribution >= 4 is 29.3 Å². The standard InChI is InChI=1S/C15H13ClN2OS/c1-18-14(19)13(10-4-6-12(16)7-5-10)20-15(18)11-3-2-8-17-9-11/h2-9,13,15H,1H3/t13-,15-/m0/s1. The number of carbonyl (C=O) groups excluding carboxylic acids is 1. The number of amides is 1. The van der Waals surface area contributed by atoms with Crippen molar-refractivity contribution in [3.63, 3.8) is 0 Å². The molecule has 2 aromatic rings. The van der Waals surface area contributed by atoms with Gasteiger partial charge in [0.1, 0.15) is 10.6 Å². The summed E-state index contributed by atoms with van der Waals surface area (Å²) in [6.07, 6.45) is 3.55. The molecular formula is C15H13ClN2OS. The van der Waals surface area contributed by atoms with E-state index < -0.39 is 0 Å². The highest BCUT2D eigenvalue weighted by Crippen LogP contribution is 2.49. The number of hydrogen-bond acceptors (Lipinski definition) is 3. The van der Waals surface area contributed by atoms with Gasteiger partial charge in [-0.3, -0.25) is 9.78 Å². The van der Waals surface area contributed by atoms with E-state index in [0.29, 0.717) is 5.02 Å². The molecule has 3 nitrogen and oxygen atoms in total. The van der Waals surface area contributed by atoms with Gasteiger partial charge in [0.25, 0.3) is 0 Å². The molecule has 0 saturated carbocycles. The molecule has 1 fully saturated rings. The van der Waals surface area contributed by atoms with Gasteiger partial charge in [0.05, 0.1) is 0 Å². The molecule has 5 heteroatoms. The molecule has 0 radical (unpaired) electrons. The maximum absolute atomic E-state index is 12.4. The van der Waals surface area contributed by atoms with E-state index in [1.54, 1.807) is 22.9 Å². The Morgan fingerprint density at radius 2 is 1.95 bits per heavy atom. The summed E-state index contributed by atoms with van der Waals surface area (Å²) in [7, 11) is 1.84. The van der Waals surface area contributed by atoms with Crippen LogP contribution in [-0.2, 0) is 4.79 Å². The number of carbonyl (C=O) groups is 1. The van der Waals surface area contributed by atoms with Crippen LogP contribution in [0.1, 0.15) is 21.8 Å². The second-order valence-electron chi connectivity index (χ2n) is 4.66. The number of hydrogen-bond donors (Lipinski definition) is 0. The highest BCUT2D eigenvalue weighted by Gasteiger charge is 2.39. The van der Waals surface area contributed by atoms with Gasteiger partial charge in [-0.2, -0.15) is 0 Å². The zero-order valence-electron chi connectivity index (χ0n) is 10.9. The normalized spacial score (nSPS) is 22.3. The SMILES string of the molecule is CN1C(=O)[C@H](c2ccc(Cl)cc2)S[C@H]1c1cccnc1. The monoisotopic (exact) mass is 304 g/mol. The summed E-state index contributed by atoms with van der Waals surface area (Å²) in [5, 5.41) is 0.515. The number of thioether (sulfide) groups is 1. The fraction of sp³-hybridized carbons (Fsp3) is 0.200. The minimum absolute atomic E-state index is 0.0110. The van der Waals surface area contributed by atoms with Crippen molar-refractivity contribution in [1.29, 1.82) is 0 Å². The van der Waals surface area contributed by atoms with Gasteiger partial charge in [0.15, 0.2) is 0 Å². The quantitative estimate of drug-likeness (QED) is 0.848. The smallest absolute Gasteiger partial charge is 0.241 e. The molecule has 102 valence electrons. The minimum Gasteiger partial charge on any atom is -0.328 e. The Bertz CT molecular complexity index is 618. The lowest BCUT2D eigenvalue weighted by Crippen LogP contribution is -2.24. The van der Waals surface area contributed by atoms with Gasteiger partial charge in [-0.15, -0.1) is 11.8 Å². The van der Waals surface area contributed by atoms with Crippen molar-refractivity contribution in [3.8, 4) is 0 Å². The largest absolute Gasteiger partial charge is 0.328 e. The first-order valence-electron chi connectivity index (χ1n) is 6.24. The predicted octanol–water partition coefficient (Wildman–Crippen LogP) is 3.68. The molecular weight excluding hydrogens is 292 g/mol. The summed E-state index contributed by atoms with van der Waals surface area (Å²) in [6.45, 7) is 0. The van der Waals surface area contributed by atoms with Gasteiger partial charge < -0.3 is 4.90 Å². The van der Waals surface area contributed by atoms with Crippen LogP contribution >= 0.6 is 23.4 Å². The molecule has 2 atom stereocenters. The number of rotatable bonds is 2. The summed E-state index contributed by atoms with van der Waals surface area (Å²) in [5.74, 6) is 0.117.